The molecule has 0 spiro atoms. The van der Waals surface area contributed by atoms with Crippen LogP contribution in [-0.2, 0) is 6.61 Å². The number of anilines is 1. The van der Waals surface area contributed by atoms with Gasteiger partial charge < -0.3 is 15.0 Å². The first-order chi connectivity index (χ1) is 13.9. The summed E-state index contributed by atoms with van der Waals surface area (Å²) < 4.78 is 5.83. The summed E-state index contributed by atoms with van der Waals surface area (Å²) >= 11 is 0. The number of piperazine rings is 1. The van der Waals surface area contributed by atoms with E-state index >= 15 is 0 Å². The van der Waals surface area contributed by atoms with Gasteiger partial charge >= 0.3 is 0 Å². The summed E-state index contributed by atoms with van der Waals surface area (Å²) in [6, 6.07) is 26.7. The van der Waals surface area contributed by atoms with Crippen molar-refractivity contribution < 1.29 is 10.1 Å². The Morgan fingerprint density at radius 2 is 1.57 bits per heavy atom. The number of quaternary nitrogens is 1. The summed E-state index contributed by atoms with van der Waals surface area (Å²) in [7, 11) is 0. The molecule has 0 radical (unpaired) electrons. The van der Waals surface area contributed by atoms with Crippen LogP contribution in [0.2, 0.25) is 0 Å². The zero-order chi connectivity index (χ0) is 19.0. The lowest BCUT2D eigenvalue weighted by molar-refractivity contribution is -0.655. The zero-order valence-electron chi connectivity index (χ0n) is 16.0. The summed E-state index contributed by atoms with van der Waals surface area (Å²) in [4.78, 5) is 7.03. The van der Waals surface area contributed by atoms with Crippen molar-refractivity contribution in [1.82, 2.24) is 0 Å². The van der Waals surface area contributed by atoms with Crippen molar-refractivity contribution in [2.75, 3.05) is 31.1 Å². The van der Waals surface area contributed by atoms with Crippen LogP contribution in [0.3, 0.4) is 0 Å². The standard InChI is InChI=1S/C24H25N3O/c1-2-4-21(5-3-1)19-28-24-12-6-20(7-13-24)18-26-22-8-10-23(11-9-22)27-16-14-25-15-17-27/h1-13,18,25H,14-17,19H2/p+1. The first kappa shape index (κ1) is 18.3. The SMILES string of the molecule is C(=Nc1ccc(N2CC[NH2+]CC2)cc1)c1ccc(OCc2ccccc2)cc1. The maximum Gasteiger partial charge on any atom is 0.119 e. The van der Waals surface area contributed by atoms with Gasteiger partial charge in [-0.1, -0.05) is 30.3 Å². The number of aliphatic imine (C=N–C) groups is 1. The number of rotatable bonds is 6. The molecule has 4 nitrogen and oxygen atoms in total. The number of nitrogens with two attached hydrogens (primary N) is 1. The van der Waals surface area contributed by atoms with Crippen LogP contribution in [0.15, 0.2) is 83.9 Å². The monoisotopic (exact) mass is 372 g/mol. The third kappa shape index (κ3) is 4.99. The van der Waals surface area contributed by atoms with Gasteiger partial charge in [-0.25, -0.2) is 0 Å². The molecule has 1 aliphatic rings. The minimum Gasteiger partial charge on any atom is -0.489 e. The summed E-state index contributed by atoms with van der Waals surface area (Å²) in [5.41, 5.74) is 4.48. The Bertz CT molecular complexity index is 883. The van der Waals surface area contributed by atoms with Gasteiger partial charge in [0.15, 0.2) is 0 Å². The molecule has 0 aliphatic carbocycles. The average molecular weight is 372 g/mol. The second-order valence-corrected chi connectivity index (χ2v) is 6.97. The van der Waals surface area contributed by atoms with Gasteiger partial charge in [-0.05, 0) is 59.7 Å². The molecule has 3 aromatic rings. The third-order valence-electron chi connectivity index (χ3n) is 4.91. The quantitative estimate of drug-likeness (QED) is 0.674. The van der Waals surface area contributed by atoms with E-state index in [0.29, 0.717) is 6.61 Å². The molecule has 4 heteroatoms. The van der Waals surface area contributed by atoms with Crippen LogP contribution in [0.1, 0.15) is 11.1 Å². The Morgan fingerprint density at radius 1 is 0.857 bits per heavy atom. The molecule has 0 amide bonds. The van der Waals surface area contributed by atoms with Crippen LogP contribution in [0.5, 0.6) is 5.75 Å². The summed E-state index contributed by atoms with van der Waals surface area (Å²) in [6.45, 7) is 5.15. The number of nitrogens with zero attached hydrogens (tertiary/aromatic N) is 2. The van der Waals surface area contributed by atoms with E-state index in [-0.39, 0.29) is 0 Å². The van der Waals surface area contributed by atoms with Crippen molar-refractivity contribution in [3.05, 3.63) is 90.0 Å². The Labute approximate surface area is 166 Å². The maximum absolute atomic E-state index is 5.83. The molecular weight excluding hydrogens is 346 g/mol. The first-order valence-electron chi connectivity index (χ1n) is 9.84. The van der Waals surface area contributed by atoms with Gasteiger partial charge in [-0.15, -0.1) is 0 Å². The van der Waals surface area contributed by atoms with E-state index in [0.717, 1.165) is 30.1 Å². The molecule has 28 heavy (non-hydrogen) atoms. The molecule has 4 rings (SSSR count). The molecular formula is C24H26N3O+. The molecule has 2 N–H and O–H groups in total. The fraction of sp³-hybridized carbons (Fsp3) is 0.208. The van der Waals surface area contributed by atoms with Crippen LogP contribution in [-0.4, -0.2) is 32.4 Å². The molecule has 0 aromatic heterocycles. The summed E-state index contributed by atoms with van der Waals surface area (Å²) in [5.74, 6) is 0.865. The van der Waals surface area contributed by atoms with E-state index in [2.05, 4.69) is 51.6 Å². The second kappa shape index (κ2) is 9.20. The minimum absolute atomic E-state index is 0.579. The summed E-state index contributed by atoms with van der Waals surface area (Å²) in [5, 5.41) is 2.37. The molecule has 1 saturated heterocycles. The maximum atomic E-state index is 5.83. The van der Waals surface area contributed by atoms with Crippen LogP contribution < -0.4 is 15.0 Å². The van der Waals surface area contributed by atoms with Crippen molar-refractivity contribution in [3.63, 3.8) is 0 Å². The molecule has 1 aliphatic heterocycles. The first-order valence-corrected chi connectivity index (χ1v) is 9.84. The van der Waals surface area contributed by atoms with E-state index in [1.807, 2.05) is 48.7 Å². The highest BCUT2D eigenvalue weighted by Crippen LogP contribution is 2.20. The molecule has 0 atom stereocenters. The van der Waals surface area contributed by atoms with Crippen molar-refractivity contribution >= 4 is 17.6 Å². The smallest absolute Gasteiger partial charge is 0.119 e. The fourth-order valence-electron chi connectivity index (χ4n) is 3.30. The van der Waals surface area contributed by atoms with Gasteiger partial charge in [0.2, 0.25) is 0 Å². The number of ether oxygens (including phenoxy) is 1. The zero-order valence-corrected chi connectivity index (χ0v) is 16.0. The van der Waals surface area contributed by atoms with Gasteiger partial charge in [0.05, 0.1) is 31.9 Å². The van der Waals surface area contributed by atoms with Crippen LogP contribution >= 0.6 is 0 Å². The van der Waals surface area contributed by atoms with E-state index < -0.39 is 0 Å². The lowest BCUT2D eigenvalue weighted by Gasteiger charge is -2.27. The molecule has 0 bridgehead atoms. The third-order valence-corrected chi connectivity index (χ3v) is 4.91. The van der Waals surface area contributed by atoms with E-state index in [4.69, 9.17) is 4.74 Å². The van der Waals surface area contributed by atoms with Gasteiger partial charge in [0.1, 0.15) is 12.4 Å². The molecule has 0 saturated carbocycles. The Morgan fingerprint density at radius 3 is 2.29 bits per heavy atom. The van der Waals surface area contributed by atoms with Crippen LogP contribution in [0.4, 0.5) is 11.4 Å². The largest absolute Gasteiger partial charge is 0.489 e. The highest BCUT2D eigenvalue weighted by atomic mass is 16.5. The predicted octanol–water partition coefficient (Wildman–Crippen LogP) is 3.40. The lowest BCUT2D eigenvalue weighted by atomic mass is 10.2. The van der Waals surface area contributed by atoms with E-state index in [1.54, 1.807) is 0 Å². The molecule has 1 heterocycles. The lowest BCUT2D eigenvalue weighted by Crippen LogP contribution is -2.89. The highest BCUT2D eigenvalue weighted by molar-refractivity contribution is 5.82. The highest BCUT2D eigenvalue weighted by Gasteiger charge is 2.12. The number of hydrogen-bond acceptors (Lipinski definition) is 3. The van der Waals surface area contributed by atoms with Crippen LogP contribution in [0.25, 0.3) is 0 Å². The van der Waals surface area contributed by atoms with Crippen molar-refractivity contribution in [2.45, 2.75) is 6.61 Å². The second-order valence-electron chi connectivity index (χ2n) is 6.97. The van der Waals surface area contributed by atoms with Crippen molar-refractivity contribution in [2.24, 2.45) is 4.99 Å². The van der Waals surface area contributed by atoms with Gasteiger partial charge in [-0.2, -0.15) is 0 Å². The average Bonchev–Trinajstić information content (AvgIpc) is 2.79. The van der Waals surface area contributed by atoms with E-state index in [1.165, 1.54) is 24.3 Å². The fourth-order valence-corrected chi connectivity index (χ4v) is 3.30. The minimum atomic E-state index is 0.579. The molecule has 0 unspecified atom stereocenters. The molecule has 1 fully saturated rings. The Balaban J connectivity index is 1.32. The van der Waals surface area contributed by atoms with Crippen molar-refractivity contribution in [1.29, 1.82) is 0 Å². The van der Waals surface area contributed by atoms with E-state index in [9.17, 15) is 0 Å². The number of benzene rings is 3. The topological polar surface area (TPSA) is 41.4 Å². The summed E-state index contributed by atoms with van der Waals surface area (Å²) in [6.07, 6.45) is 1.89. The number of hydrogen-bond donors (Lipinski definition) is 1. The predicted molar refractivity (Wildman–Crippen MR) is 115 cm³/mol. The van der Waals surface area contributed by atoms with Crippen molar-refractivity contribution in [3.8, 4) is 5.75 Å². The Kier molecular flexibility index (Phi) is 6.00. The molecule has 3 aromatic carbocycles. The molecule has 142 valence electrons. The Hall–Kier alpha value is -3.11. The van der Waals surface area contributed by atoms with Gasteiger partial charge in [0.25, 0.3) is 0 Å². The van der Waals surface area contributed by atoms with Gasteiger partial charge in [0, 0.05) is 11.9 Å². The van der Waals surface area contributed by atoms with Crippen LogP contribution in [0, 0.1) is 0 Å². The normalized spacial score (nSPS) is 14.4. The van der Waals surface area contributed by atoms with Gasteiger partial charge in [-0.3, -0.25) is 4.99 Å².